The molecule has 1 aromatic heterocycles. The molecule has 106 valence electrons. The molecule has 1 fully saturated rings. The van der Waals surface area contributed by atoms with Crippen LogP contribution in [0.2, 0.25) is 0 Å². The van der Waals surface area contributed by atoms with Gasteiger partial charge in [0.2, 0.25) is 0 Å². The van der Waals surface area contributed by atoms with Crippen molar-refractivity contribution in [3.63, 3.8) is 0 Å². The van der Waals surface area contributed by atoms with Crippen molar-refractivity contribution in [2.75, 3.05) is 0 Å². The first-order valence-corrected chi connectivity index (χ1v) is 7.93. The van der Waals surface area contributed by atoms with Gasteiger partial charge in [-0.2, -0.15) is 0 Å². The van der Waals surface area contributed by atoms with E-state index in [2.05, 4.69) is 40.0 Å². The molecule has 0 saturated heterocycles. The van der Waals surface area contributed by atoms with E-state index in [1.54, 1.807) is 0 Å². The number of imidazole rings is 1. The lowest BCUT2D eigenvalue weighted by atomic mass is 9.87. The summed E-state index contributed by atoms with van der Waals surface area (Å²) in [6.07, 6.45) is 3.70. The Bertz CT molecular complexity index is 583. The number of aliphatic hydroxyl groups is 1. The molecule has 1 aromatic carbocycles. The van der Waals surface area contributed by atoms with Gasteiger partial charge in [0.1, 0.15) is 5.82 Å². The van der Waals surface area contributed by atoms with Crippen LogP contribution in [-0.2, 0) is 0 Å². The lowest BCUT2D eigenvalue weighted by Gasteiger charge is -2.23. The van der Waals surface area contributed by atoms with Crippen LogP contribution in [0, 0.1) is 6.92 Å². The molecule has 3 nitrogen and oxygen atoms in total. The molecule has 4 heteroatoms. The lowest BCUT2D eigenvalue weighted by molar-refractivity contribution is 0.121. The van der Waals surface area contributed by atoms with Gasteiger partial charge in [0.05, 0.1) is 11.8 Å². The Kier molecular flexibility index (Phi) is 3.94. The summed E-state index contributed by atoms with van der Waals surface area (Å²) < 4.78 is 1.08. The van der Waals surface area contributed by atoms with E-state index in [0.717, 1.165) is 52.9 Å². The van der Waals surface area contributed by atoms with Crippen LogP contribution in [0.5, 0.6) is 0 Å². The minimum atomic E-state index is -0.117. The molecule has 0 amide bonds. The normalized spacial score (nSPS) is 22.9. The van der Waals surface area contributed by atoms with Gasteiger partial charge in [0.25, 0.3) is 0 Å². The number of H-pyrrole nitrogens is 1. The SMILES string of the molecule is Cc1[nH]c(C2CCC(O)CC2)nc1-c1ccc(Br)cc1. The third kappa shape index (κ3) is 2.81. The van der Waals surface area contributed by atoms with Crippen LogP contribution in [0.15, 0.2) is 28.7 Å². The molecule has 1 saturated carbocycles. The van der Waals surface area contributed by atoms with E-state index in [9.17, 15) is 5.11 Å². The minimum Gasteiger partial charge on any atom is -0.393 e. The van der Waals surface area contributed by atoms with Crippen molar-refractivity contribution in [2.45, 2.75) is 44.6 Å². The fourth-order valence-electron chi connectivity index (χ4n) is 2.91. The molecule has 0 aliphatic heterocycles. The molecule has 0 bridgehead atoms. The zero-order valence-electron chi connectivity index (χ0n) is 11.6. The first kappa shape index (κ1) is 13.8. The summed E-state index contributed by atoms with van der Waals surface area (Å²) in [5.41, 5.74) is 3.30. The second-order valence-corrected chi connectivity index (χ2v) is 6.52. The molecule has 1 heterocycles. The molecule has 0 spiro atoms. The van der Waals surface area contributed by atoms with Crippen molar-refractivity contribution in [3.05, 3.63) is 40.3 Å². The van der Waals surface area contributed by atoms with Crippen LogP contribution >= 0.6 is 15.9 Å². The van der Waals surface area contributed by atoms with Gasteiger partial charge in [-0.05, 0) is 44.7 Å². The quantitative estimate of drug-likeness (QED) is 0.865. The van der Waals surface area contributed by atoms with Gasteiger partial charge >= 0.3 is 0 Å². The van der Waals surface area contributed by atoms with E-state index in [1.807, 2.05) is 12.1 Å². The Balaban J connectivity index is 1.85. The third-order valence-electron chi connectivity index (χ3n) is 4.10. The van der Waals surface area contributed by atoms with Crippen LogP contribution in [0.1, 0.15) is 43.1 Å². The average Bonchev–Trinajstić information content (AvgIpc) is 2.82. The topological polar surface area (TPSA) is 48.9 Å². The summed E-state index contributed by atoms with van der Waals surface area (Å²) in [6.45, 7) is 2.07. The second kappa shape index (κ2) is 5.70. The Morgan fingerprint density at radius 3 is 2.45 bits per heavy atom. The number of halogens is 1. The Morgan fingerprint density at radius 2 is 1.80 bits per heavy atom. The minimum absolute atomic E-state index is 0.117. The zero-order chi connectivity index (χ0) is 14.1. The number of benzene rings is 1. The summed E-state index contributed by atoms with van der Waals surface area (Å²) in [5, 5.41) is 9.60. The third-order valence-corrected chi connectivity index (χ3v) is 4.63. The molecular weight excluding hydrogens is 316 g/mol. The van der Waals surface area contributed by atoms with Gasteiger partial charge in [-0.25, -0.2) is 4.98 Å². The van der Waals surface area contributed by atoms with Gasteiger partial charge in [-0.1, -0.05) is 28.1 Å². The van der Waals surface area contributed by atoms with Crippen LogP contribution in [0.3, 0.4) is 0 Å². The van der Waals surface area contributed by atoms with Crippen molar-refractivity contribution in [1.82, 2.24) is 9.97 Å². The van der Waals surface area contributed by atoms with Gasteiger partial charge in [-0.3, -0.25) is 0 Å². The molecule has 2 aromatic rings. The average molecular weight is 335 g/mol. The van der Waals surface area contributed by atoms with Gasteiger partial charge in [0, 0.05) is 21.6 Å². The lowest BCUT2D eigenvalue weighted by Crippen LogP contribution is -2.17. The molecule has 2 N–H and O–H groups in total. The molecule has 1 aliphatic carbocycles. The van der Waals surface area contributed by atoms with E-state index < -0.39 is 0 Å². The number of hydrogen-bond acceptors (Lipinski definition) is 2. The summed E-state index contributed by atoms with van der Waals surface area (Å²) in [6, 6.07) is 8.25. The fraction of sp³-hybridized carbons (Fsp3) is 0.438. The highest BCUT2D eigenvalue weighted by Crippen LogP contribution is 2.33. The van der Waals surface area contributed by atoms with Crippen molar-refractivity contribution in [2.24, 2.45) is 0 Å². The Hall–Kier alpha value is -1.13. The number of rotatable bonds is 2. The van der Waals surface area contributed by atoms with Crippen molar-refractivity contribution >= 4 is 15.9 Å². The van der Waals surface area contributed by atoms with E-state index in [1.165, 1.54) is 0 Å². The molecule has 1 aliphatic rings. The molecule has 0 atom stereocenters. The highest BCUT2D eigenvalue weighted by Gasteiger charge is 2.24. The number of aryl methyl sites for hydroxylation is 1. The number of nitrogens with one attached hydrogen (secondary N) is 1. The van der Waals surface area contributed by atoms with Crippen LogP contribution in [-0.4, -0.2) is 21.2 Å². The zero-order valence-corrected chi connectivity index (χ0v) is 13.2. The summed E-state index contributed by atoms with van der Waals surface area (Å²) in [5.74, 6) is 1.54. The molecular formula is C16H19BrN2O. The molecule has 0 unspecified atom stereocenters. The fourth-order valence-corrected chi connectivity index (χ4v) is 3.18. The van der Waals surface area contributed by atoms with Gasteiger partial charge < -0.3 is 10.1 Å². The smallest absolute Gasteiger partial charge is 0.110 e. The molecule has 20 heavy (non-hydrogen) atoms. The monoisotopic (exact) mass is 334 g/mol. The summed E-state index contributed by atoms with van der Waals surface area (Å²) >= 11 is 3.46. The number of hydrogen-bond donors (Lipinski definition) is 2. The summed E-state index contributed by atoms with van der Waals surface area (Å²) in [7, 11) is 0. The maximum absolute atomic E-state index is 9.60. The maximum atomic E-state index is 9.60. The van der Waals surface area contributed by atoms with Crippen LogP contribution in [0.25, 0.3) is 11.3 Å². The number of aromatic amines is 1. The van der Waals surface area contributed by atoms with Crippen molar-refractivity contribution in [1.29, 1.82) is 0 Å². The van der Waals surface area contributed by atoms with Crippen LogP contribution < -0.4 is 0 Å². The molecule has 0 radical (unpaired) electrons. The number of aliphatic hydroxyl groups excluding tert-OH is 1. The first-order chi connectivity index (χ1) is 9.63. The standard InChI is InChI=1S/C16H19BrN2O/c1-10-15(11-2-6-13(17)7-3-11)19-16(18-10)12-4-8-14(20)9-5-12/h2-3,6-7,12,14,20H,4-5,8-9H2,1H3,(H,18,19). The van der Waals surface area contributed by atoms with Gasteiger partial charge in [0.15, 0.2) is 0 Å². The Morgan fingerprint density at radius 1 is 1.15 bits per heavy atom. The highest BCUT2D eigenvalue weighted by atomic mass is 79.9. The number of aromatic nitrogens is 2. The first-order valence-electron chi connectivity index (χ1n) is 7.14. The number of nitrogens with zero attached hydrogens (tertiary/aromatic N) is 1. The van der Waals surface area contributed by atoms with E-state index in [-0.39, 0.29) is 6.10 Å². The van der Waals surface area contributed by atoms with E-state index in [4.69, 9.17) is 4.98 Å². The van der Waals surface area contributed by atoms with Crippen molar-refractivity contribution in [3.8, 4) is 11.3 Å². The van der Waals surface area contributed by atoms with Crippen LogP contribution in [0.4, 0.5) is 0 Å². The summed E-state index contributed by atoms with van der Waals surface area (Å²) in [4.78, 5) is 8.24. The predicted molar refractivity (Wildman–Crippen MR) is 83.7 cm³/mol. The predicted octanol–water partition coefficient (Wildman–Crippen LogP) is 4.17. The van der Waals surface area contributed by atoms with Crippen molar-refractivity contribution < 1.29 is 5.11 Å². The maximum Gasteiger partial charge on any atom is 0.110 e. The molecule has 3 rings (SSSR count). The van der Waals surface area contributed by atoms with Gasteiger partial charge in [-0.15, -0.1) is 0 Å². The largest absolute Gasteiger partial charge is 0.393 e. The highest BCUT2D eigenvalue weighted by molar-refractivity contribution is 9.10. The van der Waals surface area contributed by atoms with E-state index in [0.29, 0.717) is 5.92 Å². The second-order valence-electron chi connectivity index (χ2n) is 5.61. The van der Waals surface area contributed by atoms with E-state index >= 15 is 0 Å². The Labute approximate surface area is 127 Å².